The summed E-state index contributed by atoms with van der Waals surface area (Å²) >= 11 is 0. The number of allylic oxidation sites excluding steroid dienone is 1. The Hall–Kier alpha value is -0.300. The zero-order valence-electron chi connectivity index (χ0n) is 7.29. The van der Waals surface area contributed by atoms with Crippen molar-refractivity contribution in [2.75, 3.05) is 0 Å². The Morgan fingerprint density at radius 1 is 1.45 bits per heavy atom. The summed E-state index contributed by atoms with van der Waals surface area (Å²) in [5.74, 6) is 0.460. The summed E-state index contributed by atoms with van der Waals surface area (Å²) in [4.78, 5) is 0. The zero-order valence-corrected chi connectivity index (χ0v) is 7.29. The van der Waals surface area contributed by atoms with E-state index in [2.05, 4.69) is 19.1 Å². The van der Waals surface area contributed by atoms with Crippen molar-refractivity contribution >= 4 is 0 Å². The lowest BCUT2D eigenvalue weighted by molar-refractivity contribution is 0.153. The molecule has 11 heavy (non-hydrogen) atoms. The van der Waals surface area contributed by atoms with Gasteiger partial charge in [-0.15, -0.1) is 0 Å². The molecule has 1 aliphatic rings. The normalized spacial score (nSPS) is 31.8. The molecule has 0 radical (unpaired) electrons. The van der Waals surface area contributed by atoms with Crippen LogP contribution in [0.1, 0.15) is 39.0 Å². The molecule has 1 rings (SSSR count). The van der Waals surface area contributed by atoms with Crippen LogP contribution < -0.4 is 0 Å². The van der Waals surface area contributed by atoms with Crippen LogP contribution in [0.15, 0.2) is 12.2 Å². The molecule has 1 nitrogen and oxygen atoms in total. The van der Waals surface area contributed by atoms with Gasteiger partial charge in [-0.2, -0.15) is 0 Å². The lowest BCUT2D eigenvalue weighted by Gasteiger charge is -2.07. The van der Waals surface area contributed by atoms with E-state index in [4.69, 9.17) is 0 Å². The second kappa shape index (κ2) is 4.55. The molecule has 0 heterocycles. The van der Waals surface area contributed by atoms with Gasteiger partial charge >= 0.3 is 0 Å². The summed E-state index contributed by atoms with van der Waals surface area (Å²) < 4.78 is 0. The highest BCUT2D eigenvalue weighted by atomic mass is 16.3. The second-order valence-corrected chi connectivity index (χ2v) is 3.38. The molecular formula is C10H18O. The monoisotopic (exact) mass is 154 g/mol. The van der Waals surface area contributed by atoms with E-state index in [1.807, 2.05) is 0 Å². The van der Waals surface area contributed by atoms with E-state index in [-0.39, 0.29) is 6.10 Å². The van der Waals surface area contributed by atoms with Gasteiger partial charge in [0, 0.05) is 5.92 Å². The molecule has 0 aliphatic heterocycles. The van der Waals surface area contributed by atoms with Crippen molar-refractivity contribution in [1.29, 1.82) is 0 Å². The van der Waals surface area contributed by atoms with E-state index in [9.17, 15) is 5.11 Å². The van der Waals surface area contributed by atoms with E-state index in [1.165, 1.54) is 19.3 Å². The van der Waals surface area contributed by atoms with Crippen LogP contribution >= 0.6 is 0 Å². The number of aliphatic hydroxyl groups is 1. The van der Waals surface area contributed by atoms with Crippen molar-refractivity contribution in [3.8, 4) is 0 Å². The molecule has 0 bridgehead atoms. The summed E-state index contributed by atoms with van der Waals surface area (Å²) in [7, 11) is 0. The fraction of sp³-hybridized carbons (Fsp3) is 0.800. The van der Waals surface area contributed by atoms with Gasteiger partial charge in [-0.3, -0.25) is 0 Å². The number of hydrogen-bond donors (Lipinski definition) is 1. The Kier molecular flexibility index (Phi) is 3.64. The zero-order chi connectivity index (χ0) is 8.10. The van der Waals surface area contributed by atoms with Gasteiger partial charge in [0.15, 0.2) is 0 Å². The molecule has 0 aromatic heterocycles. The molecule has 1 fully saturated rings. The molecule has 0 amide bonds. The molecule has 1 saturated carbocycles. The predicted octanol–water partition coefficient (Wildman–Crippen LogP) is 2.50. The molecule has 0 aromatic carbocycles. The van der Waals surface area contributed by atoms with Crippen LogP contribution in [0.5, 0.6) is 0 Å². The minimum absolute atomic E-state index is 0.0527. The number of hydrogen-bond acceptors (Lipinski definition) is 1. The summed E-state index contributed by atoms with van der Waals surface area (Å²) in [6, 6.07) is 0. The summed E-state index contributed by atoms with van der Waals surface area (Å²) in [6.45, 7) is 2.18. The Balaban J connectivity index is 2.24. The molecule has 64 valence electrons. The van der Waals surface area contributed by atoms with Gasteiger partial charge in [0.1, 0.15) is 0 Å². The predicted molar refractivity (Wildman–Crippen MR) is 47.4 cm³/mol. The maximum absolute atomic E-state index is 9.44. The highest BCUT2D eigenvalue weighted by Gasteiger charge is 2.21. The number of rotatable bonds is 3. The van der Waals surface area contributed by atoms with Crippen LogP contribution in [0.25, 0.3) is 0 Å². The Morgan fingerprint density at radius 3 is 2.82 bits per heavy atom. The Labute approximate surface area is 69.1 Å². The molecule has 0 spiro atoms. The number of aliphatic hydroxyl groups excluding tert-OH is 1. The van der Waals surface area contributed by atoms with Gasteiger partial charge in [0.2, 0.25) is 0 Å². The van der Waals surface area contributed by atoms with Gasteiger partial charge in [0.05, 0.1) is 6.10 Å². The SMILES string of the molecule is CCC/C=C\C1CCCC1O. The fourth-order valence-electron chi connectivity index (χ4n) is 1.63. The average molecular weight is 154 g/mol. The molecular weight excluding hydrogens is 136 g/mol. The van der Waals surface area contributed by atoms with Crippen LogP contribution in [0, 0.1) is 5.92 Å². The molecule has 2 atom stereocenters. The van der Waals surface area contributed by atoms with Crippen molar-refractivity contribution < 1.29 is 5.11 Å². The molecule has 2 unspecified atom stereocenters. The molecule has 0 aromatic rings. The summed E-state index contributed by atoms with van der Waals surface area (Å²) in [5, 5.41) is 9.44. The standard InChI is InChI=1S/C10H18O/c1-2-3-4-6-9-7-5-8-10(9)11/h4,6,9-11H,2-3,5,7-8H2,1H3/b6-4-. The maximum atomic E-state index is 9.44. The average Bonchev–Trinajstić information content (AvgIpc) is 2.37. The number of unbranched alkanes of at least 4 members (excludes halogenated alkanes) is 1. The van der Waals surface area contributed by atoms with Crippen LogP contribution in [0.3, 0.4) is 0 Å². The highest BCUT2D eigenvalue weighted by molar-refractivity contribution is 4.94. The van der Waals surface area contributed by atoms with Gasteiger partial charge in [-0.1, -0.05) is 31.9 Å². The van der Waals surface area contributed by atoms with E-state index in [1.54, 1.807) is 0 Å². The first-order chi connectivity index (χ1) is 5.34. The minimum atomic E-state index is -0.0527. The van der Waals surface area contributed by atoms with Crippen LogP contribution in [-0.4, -0.2) is 11.2 Å². The van der Waals surface area contributed by atoms with Gasteiger partial charge in [0.25, 0.3) is 0 Å². The van der Waals surface area contributed by atoms with Crippen molar-refractivity contribution in [3.63, 3.8) is 0 Å². The Bertz CT molecular complexity index is 129. The van der Waals surface area contributed by atoms with Gasteiger partial charge < -0.3 is 5.11 Å². The fourth-order valence-corrected chi connectivity index (χ4v) is 1.63. The van der Waals surface area contributed by atoms with E-state index in [0.717, 1.165) is 12.8 Å². The van der Waals surface area contributed by atoms with Crippen molar-refractivity contribution in [3.05, 3.63) is 12.2 Å². The molecule has 0 saturated heterocycles. The topological polar surface area (TPSA) is 20.2 Å². The van der Waals surface area contributed by atoms with E-state index in [0.29, 0.717) is 5.92 Å². The molecule has 1 heteroatoms. The Morgan fingerprint density at radius 2 is 2.27 bits per heavy atom. The lowest BCUT2D eigenvalue weighted by Crippen LogP contribution is -2.09. The maximum Gasteiger partial charge on any atom is 0.0602 e. The first kappa shape index (κ1) is 8.79. The van der Waals surface area contributed by atoms with Crippen LogP contribution in [0.2, 0.25) is 0 Å². The first-order valence-electron chi connectivity index (χ1n) is 4.69. The molecule has 1 N–H and O–H groups in total. The van der Waals surface area contributed by atoms with Gasteiger partial charge in [-0.25, -0.2) is 0 Å². The largest absolute Gasteiger partial charge is 0.393 e. The summed E-state index contributed by atoms with van der Waals surface area (Å²) in [5.41, 5.74) is 0. The van der Waals surface area contributed by atoms with Crippen molar-refractivity contribution in [1.82, 2.24) is 0 Å². The highest BCUT2D eigenvalue weighted by Crippen LogP contribution is 2.26. The van der Waals surface area contributed by atoms with E-state index >= 15 is 0 Å². The molecule has 1 aliphatic carbocycles. The van der Waals surface area contributed by atoms with Crippen LogP contribution in [-0.2, 0) is 0 Å². The minimum Gasteiger partial charge on any atom is -0.393 e. The van der Waals surface area contributed by atoms with E-state index < -0.39 is 0 Å². The third-order valence-electron chi connectivity index (χ3n) is 2.37. The van der Waals surface area contributed by atoms with Crippen LogP contribution in [0.4, 0.5) is 0 Å². The quantitative estimate of drug-likeness (QED) is 0.619. The van der Waals surface area contributed by atoms with Crippen molar-refractivity contribution in [2.24, 2.45) is 5.92 Å². The first-order valence-corrected chi connectivity index (χ1v) is 4.69. The smallest absolute Gasteiger partial charge is 0.0602 e. The van der Waals surface area contributed by atoms with Crippen molar-refractivity contribution in [2.45, 2.75) is 45.1 Å². The third kappa shape index (κ3) is 2.66. The lowest BCUT2D eigenvalue weighted by atomic mass is 10.1. The second-order valence-electron chi connectivity index (χ2n) is 3.38. The summed E-state index contributed by atoms with van der Waals surface area (Å²) in [6.07, 6.45) is 10.1. The third-order valence-corrected chi connectivity index (χ3v) is 2.37. The van der Waals surface area contributed by atoms with Gasteiger partial charge in [-0.05, 0) is 19.3 Å².